The molecule has 1 aromatic carbocycles. The minimum Gasteiger partial charge on any atom is -0.267 e. The molecule has 0 heterocycles. The summed E-state index contributed by atoms with van der Waals surface area (Å²) in [5.41, 5.74) is 1.65. The highest BCUT2D eigenvalue weighted by molar-refractivity contribution is 5.99. The molecule has 0 saturated heterocycles. The van der Waals surface area contributed by atoms with Crippen molar-refractivity contribution < 1.29 is 14.0 Å². The van der Waals surface area contributed by atoms with E-state index in [4.69, 9.17) is 0 Å². The zero-order valence-corrected chi connectivity index (χ0v) is 14.5. The first-order valence-electron chi connectivity index (χ1n) is 7.34. The van der Waals surface area contributed by atoms with Crippen molar-refractivity contribution in [1.29, 1.82) is 0 Å². The van der Waals surface area contributed by atoms with Crippen LogP contribution >= 0.6 is 0 Å². The lowest BCUT2D eigenvalue weighted by Crippen LogP contribution is -2.55. The highest BCUT2D eigenvalue weighted by Gasteiger charge is 2.28. The molecule has 1 aromatic rings. The first-order valence-corrected chi connectivity index (χ1v) is 7.34. The molecule has 1 N–H and O–H groups in total. The van der Waals surface area contributed by atoms with Crippen LogP contribution in [0.15, 0.2) is 24.3 Å². The molecule has 0 atom stereocenters. The Kier molecular flexibility index (Phi) is 5.55. The van der Waals surface area contributed by atoms with Gasteiger partial charge in [0.2, 0.25) is 0 Å². The Bertz CT molecular complexity index is 658. The van der Waals surface area contributed by atoms with Crippen molar-refractivity contribution >= 4 is 11.8 Å². The number of nitrogens with zero attached hydrogens (tertiary/aromatic N) is 1. The van der Waals surface area contributed by atoms with E-state index < -0.39 is 23.2 Å². The molecule has 0 aliphatic carbocycles. The standard InChI is InChI=1S/C18H23FN2O2/c1-17(2,3)11-10-15(22)21(18(4,5)6)20-16(23)13-8-7-9-14(19)12-13/h7-9,12H,1-6H3,(H,20,23). The van der Waals surface area contributed by atoms with Crippen molar-refractivity contribution in [2.24, 2.45) is 5.41 Å². The maximum absolute atomic E-state index is 13.2. The lowest BCUT2D eigenvalue weighted by molar-refractivity contribution is -0.132. The van der Waals surface area contributed by atoms with Crippen LogP contribution in [0.2, 0.25) is 0 Å². The lowest BCUT2D eigenvalue weighted by Gasteiger charge is -2.34. The third kappa shape index (κ3) is 6.11. The van der Waals surface area contributed by atoms with E-state index in [0.29, 0.717) is 0 Å². The summed E-state index contributed by atoms with van der Waals surface area (Å²) in [6.45, 7) is 11.0. The van der Waals surface area contributed by atoms with Crippen LogP contribution in [0.3, 0.4) is 0 Å². The van der Waals surface area contributed by atoms with Crippen LogP contribution < -0.4 is 5.43 Å². The van der Waals surface area contributed by atoms with Crippen LogP contribution in [0, 0.1) is 23.1 Å². The number of amides is 2. The summed E-state index contributed by atoms with van der Waals surface area (Å²) in [6, 6.07) is 5.28. The van der Waals surface area contributed by atoms with E-state index in [1.54, 1.807) is 20.8 Å². The third-order valence-electron chi connectivity index (χ3n) is 2.72. The van der Waals surface area contributed by atoms with Gasteiger partial charge < -0.3 is 0 Å². The molecule has 2 amide bonds. The molecule has 0 bridgehead atoms. The Labute approximate surface area is 137 Å². The average Bonchev–Trinajstić information content (AvgIpc) is 2.39. The summed E-state index contributed by atoms with van der Waals surface area (Å²) in [5, 5.41) is 1.17. The third-order valence-corrected chi connectivity index (χ3v) is 2.72. The van der Waals surface area contributed by atoms with E-state index in [0.717, 1.165) is 6.07 Å². The van der Waals surface area contributed by atoms with Crippen LogP contribution in [-0.2, 0) is 4.79 Å². The highest BCUT2D eigenvalue weighted by atomic mass is 19.1. The Morgan fingerprint density at radius 2 is 1.74 bits per heavy atom. The first kappa shape index (κ1) is 18.7. The summed E-state index contributed by atoms with van der Waals surface area (Å²) < 4.78 is 13.2. The summed E-state index contributed by atoms with van der Waals surface area (Å²) >= 11 is 0. The second-order valence-corrected chi connectivity index (χ2v) is 7.26. The van der Waals surface area contributed by atoms with Crippen LogP contribution in [0.25, 0.3) is 0 Å². The van der Waals surface area contributed by atoms with Gasteiger partial charge in [-0.3, -0.25) is 15.0 Å². The largest absolute Gasteiger partial charge is 0.317 e. The van der Waals surface area contributed by atoms with Crippen molar-refractivity contribution in [3.63, 3.8) is 0 Å². The van der Waals surface area contributed by atoms with Gasteiger partial charge in [-0.05, 0) is 65.7 Å². The molecule has 0 unspecified atom stereocenters. The molecule has 0 aromatic heterocycles. The molecule has 0 aliphatic rings. The summed E-state index contributed by atoms with van der Waals surface area (Å²) in [7, 11) is 0. The van der Waals surface area contributed by atoms with Crippen LogP contribution in [0.1, 0.15) is 51.9 Å². The normalized spacial score (nSPS) is 11.3. The van der Waals surface area contributed by atoms with Gasteiger partial charge in [-0.1, -0.05) is 12.0 Å². The fourth-order valence-corrected chi connectivity index (χ4v) is 1.62. The molecular weight excluding hydrogens is 295 g/mol. The quantitative estimate of drug-likeness (QED) is 0.639. The van der Waals surface area contributed by atoms with E-state index in [-0.39, 0.29) is 11.0 Å². The molecular formula is C18H23FN2O2. The summed E-state index contributed by atoms with van der Waals surface area (Å²) in [4.78, 5) is 24.6. The van der Waals surface area contributed by atoms with Crippen molar-refractivity contribution in [2.45, 2.75) is 47.1 Å². The fourth-order valence-electron chi connectivity index (χ4n) is 1.62. The smallest absolute Gasteiger partial charge is 0.267 e. The Morgan fingerprint density at radius 3 is 2.22 bits per heavy atom. The molecule has 0 spiro atoms. The molecule has 124 valence electrons. The zero-order valence-electron chi connectivity index (χ0n) is 14.5. The predicted octanol–water partition coefficient (Wildman–Crippen LogP) is 3.15. The number of benzene rings is 1. The monoisotopic (exact) mass is 318 g/mol. The van der Waals surface area contributed by atoms with E-state index in [9.17, 15) is 14.0 Å². The number of hydrogen-bond acceptors (Lipinski definition) is 2. The average molecular weight is 318 g/mol. The lowest BCUT2D eigenvalue weighted by atomic mass is 9.98. The van der Waals surface area contributed by atoms with Gasteiger partial charge in [0, 0.05) is 11.0 Å². The van der Waals surface area contributed by atoms with E-state index >= 15 is 0 Å². The van der Waals surface area contributed by atoms with Crippen molar-refractivity contribution in [3.8, 4) is 11.8 Å². The van der Waals surface area contributed by atoms with Gasteiger partial charge >= 0.3 is 5.91 Å². The number of hydrogen-bond donors (Lipinski definition) is 1. The van der Waals surface area contributed by atoms with Crippen LogP contribution in [0.4, 0.5) is 4.39 Å². The first-order chi connectivity index (χ1) is 10.4. The molecule has 4 nitrogen and oxygen atoms in total. The van der Waals surface area contributed by atoms with E-state index in [1.165, 1.54) is 23.2 Å². The maximum atomic E-state index is 13.2. The Morgan fingerprint density at radius 1 is 1.13 bits per heavy atom. The molecule has 5 heteroatoms. The molecule has 1 rings (SSSR count). The van der Waals surface area contributed by atoms with E-state index in [2.05, 4.69) is 17.3 Å². The van der Waals surface area contributed by atoms with E-state index in [1.807, 2.05) is 20.8 Å². The molecule has 23 heavy (non-hydrogen) atoms. The molecule has 0 radical (unpaired) electrons. The second-order valence-electron chi connectivity index (χ2n) is 7.26. The molecule has 0 fully saturated rings. The van der Waals surface area contributed by atoms with Crippen LogP contribution in [-0.4, -0.2) is 22.4 Å². The Balaban J connectivity index is 3.02. The van der Waals surface area contributed by atoms with Gasteiger partial charge in [0.15, 0.2) is 0 Å². The molecule has 0 saturated carbocycles. The predicted molar refractivity (Wildman–Crippen MR) is 87.7 cm³/mol. The maximum Gasteiger partial charge on any atom is 0.317 e. The topological polar surface area (TPSA) is 49.4 Å². The fraction of sp³-hybridized carbons (Fsp3) is 0.444. The number of rotatable bonds is 1. The number of nitrogens with one attached hydrogen (secondary N) is 1. The zero-order chi connectivity index (χ0) is 17.8. The van der Waals surface area contributed by atoms with Crippen molar-refractivity contribution in [2.75, 3.05) is 0 Å². The number of halogens is 1. The Hall–Kier alpha value is -2.35. The van der Waals surface area contributed by atoms with Crippen molar-refractivity contribution in [3.05, 3.63) is 35.6 Å². The van der Waals surface area contributed by atoms with Gasteiger partial charge in [-0.15, -0.1) is 0 Å². The number of carbonyl (C=O) groups excluding carboxylic acids is 2. The van der Waals surface area contributed by atoms with Gasteiger partial charge in [0.1, 0.15) is 5.82 Å². The molecule has 0 aliphatic heterocycles. The van der Waals surface area contributed by atoms with Gasteiger partial charge in [0.05, 0.1) is 5.54 Å². The van der Waals surface area contributed by atoms with Gasteiger partial charge in [-0.2, -0.15) is 0 Å². The number of hydrazine groups is 1. The highest BCUT2D eigenvalue weighted by Crippen LogP contribution is 2.14. The SMILES string of the molecule is CC(C)(C)C#CC(=O)N(NC(=O)c1cccc(F)c1)C(C)(C)C. The minimum absolute atomic E-state index is 0.135. The second kappa shape index (κ2) is 6.82. The van der Waals surface area contributed by atoms with Gasteiger partial charge in [-0.25, -0.2) is 9.40 Å². The van der Waals surface area contributed by atoms with Crippen molar-refractivity contribution in [1.82, 2.24) is 10.4 Å². The minimum atomic E-state index is -0.674. The number of carbonyl (C=O) groups is 2. The summed E-state index contributed by atoms with van der Waals surface area (Å²) in [5.74, 6) is 3.79. The summed E-state index contributed by atoms with van der Waals surface area (Å²) in [6.07, 6.45) is 0. The van der Waals surface area contributed by atoms with Gasteiger partial charge in [0.25, 0.3) is 5.91 Å². The van der Waals surface area contributed by atoms with Crippen LogP contribution in [0.5, 0.6) is 0 Å².